The number of aromatic nitrogens is 3. The van der Waals surface area contributed by atoms with Crippen LogP contribution in [0.3, 0.4) is 0 Å². The van der Waals surface area contributed by atoms with E-state index in [-0.39, 0.29) is 0 Å². The fraction of sp³-hybridized carbons (Fsp3) is 0.0385. The average Bonchev–Trinajstić information content (AvgIpc) is 3.37. The van der Waals surface area contributed by atoms with Crippen molar-refractivity contribution >= 4 is 34.2 Å². The summed E-state index contributed by atoms with van der Waals surface area (Å²) in [5.41, 5.74) is 4.56. The number of para-hydroxylation sites is 1. The van der Waals surface area contributed by atoms with Crippen LogP contribution in [0.4, 0.5) is 0 Å². The van der Waals surface area contributed by atoms with E-state index < -0.39 is 0 Å². The Labute approximate surface area is 190 Å². The summed E-state index contributed by atoms with van der Waals surface area (Å²) in [6.45, 7) is 0.390. The van der Waals surface area contributed by atoms with Crippen LogP contribution in [-0.4, -0.2) is 15.1 Å². The van der Waals surface area contributed by atoms with E-state index in [4.69, 9.17) is 20.9 Å². The van der Waals surface area contributed by atoms with Crippen LogP contribution in [0.1, 0.15) is 22.7 Å². The molecule has 5 nitrogen and oxygen atoms in total. The highest BCUT2D eigenvalue weighted by atomic mass is 35.5. The lowest BCUT2D eigenvalue weighted by atomic mass is 10.0. The molecular weight excluding hydrogens is 422 g/mol. The fourth-order valence-electron chi connectivity index (χ4n) is 3.36. The Hall–Kier alpha value is -3.96. The first-order chi connectivity index (χ1) is 15.7. The molecule has 0 saturated heterocycles. The Balaban J connectivity index is 1.36. The summed E-state index contributed by atoms with van der Waals surface area (Å²) in [6.07, 6.45) is 3.37. The first-order valence-electron chi connectivity index (χ1n) is 10.1. The average molecular weight is 440 g/mol. The van der Waals surface area contributed by atoms with E-state index in [9.17, 15) is 0 Å². The van der Waals surface area contributed by atoms with Crippen molar-refractivity contribution in [3.63, 3.8) is 0 Å². The highest BCUT2D eigenvalue weighted by Gasteiger charge is 2.11. The molecule has 0 aliphatic carbocycles. The molecule has 0 unspecified atom stereocenters. The van der Waals surface area contributed by atoms with E-state index in [1.54, 1.807) is 0 Å². The van der Waals surface area contributed by atoms with Gasteiger partial charge in [-0.25, -0.2) is 4.98 Å². The first kappa shape index (κ1) is 20.0. The summed E-state index contributed by atoms with van der Waals surface area (Å²) in [5.74, 6) is 1.19. The van der Waals surface area contributed by atoms with Gasteiger partial charge >= 0.3 is 0 Å². The van der Waals surface area contributed by atoms with Gasteiger partial charge in [0.05, 0.1) is 11.2 Å². The van der Waals surface area contributed by atoms with Crippen molar-refractivity contribution in [1.29, 1.82) is 0 Å². The quantitative estimate of drug-likeness (QED) is 0.285. The molecule has 0 spiro atoms. The predicted octanol–water partition coefficient (Wildman–Crippen LogP) is 6.44. The van der Waals surface area contributed by atoms with E-state index in [0.717, 1.165) is 39.0 Å². The molecule has 0 aliphatic heterocycles. The van der Waals surface area contributed by atoms with Crippen molar-refractivity contribution in [3.05, 3.63) is 119 Å². The topological polar surface area (TPSA) is 61.0 Å². The highest BCUT2D eigenvalue weighted by Crippen LogP contribution is 2.27. The summed E-state index contributed by atoms with van der Waals surface area (Å²) in [5, 5.41) is 5.54. The van der Waals surface area contributed by atoms with Crippen LogP contribution in [0.2, 0.25) is 5.02 Å². The number of benzene rings is 3. The number of hydrogen-bond donors (Lipinski definition) is 0. The second-order valence-corrected chi connectivity index (χ2v) is 7.60. The molecular formula is C26H18ClN3O2. The van der Waals surface area contributed by atoms with Gasteiger partial charge in [0.1, 0.15) is 12.4 Å². The molecule has 3 aromatic carbocycles. The molecule has 5 rings (SSSR count). The number of fused-ring (bicyclic) bond motifs is 1. The van der Waals surface area contributed by atoms with Crippen LogP contribution in [0, 0.1) is 0 Å². The van der Waals surface area contributed by atoms with E-state index in [1.165, 1.54) is 6.33 Å². The minimum atomic E-state index is 0.390. The smallest absolute Gasteiger partial charge is 0.258 e. The normalized spacial score (nSPS) is 11.6. The molecule has 5 aromatic rings. The molecule has 0 aliphatic rings. The van der Waals surface area contributed by atoms with Crippen LogP contribution in [0.25, 0.3) is 22.6 Å². The second-order valence-electron chi connectivity index (χ2n) is 7.16. The number of hydrogen-bond acceptors (Lipinski definition) is 5. The maximum absolute atomic E-state index is 6.00. The van der Waals surface area contributed by atoms with Crippen LogP contribution in [-0.2, 0) is 6.61 Å². The summed E-state index contributed by atoms with van der Waals surface area (Å²) in [6, 6.07) is 27.4. The van der Waals surface area contributed by atoms with Crippen molar-refractivity contribution in [2.45, 2.75) is 6.61 Å². The molecule has 2 aromatic heterocycles. The van der Waals surface area contributed by atoms with E-state index in [0.29, 0.717) is 17.5 Å². The largest absolute Gasteiger partial charge is 0.487 e. The zero-order chi connectivity index (χ0) is 21.8. The zero-order valence-corrected chi connectivity index (χ0v) is 17.7. The summed E-state index contributed by atoms with van der Waals surface area (Å²) in [7, 11) is 0. The number of rotatable bonds is 6. The monoisotopic (exact) mass is 439 g/mol. The maximum Gasteiger partial charge on any atom is 0.258 e. The minimum Gasteiger partial charge on any atom is -0.487 e. The van der Waals surface area contributed by atoms with Gasteiger partial charge in [0.25, 0.3) is 5.89 Å². The Morgan fingerprint density at radius 1 is 0.906 bits per heavy atom. The predicted molar refractivity (Wildman–Crippen MR) is 125 cm³/mol. The molecule has 6 heteroatoms. The third-order valence-electron chi connectivity index (χ3n) is 4.98. The van der Waals surface area contributed by atoms with Gasteiger partial charge < -0.3 is 9.26 Å². The van der Waals surface area contributed by atoms with Gasteiger partial charge in [-0.2, -0.15) is 4.98 Å². The molecule has 0 fully saturated rings. The molecule has 0 amide bonds. The standard InChI is InChI=1S/C26H18ClN3O2/c27-21-10-5-18(6-11-21)15-24(26-28-17-29-32-26)19-8-13-23(14-9-19)31-16-22-12-7-20-3-1-2-4-25(20)30-22/h1-15,17H,16H2. The van der Waals surface area contributed by atoms with Crippen molar-refractivity contribution in [3.8, 4) is 5.75 Å². The molecule has 0 atom stereocenters. The van der Waals surface area contributed by atoms with E-state index in [1.807, 2.05) is 84.9 Å². The minimum absolute atomic E-state index is 0.390. The van der Waals surface area contributed by atoms with Crippen LogP contribution < -0.4 is 4.74 Å². The van der Waals surface area contributed by atoms with Gasteiger partial charge in [-0.05, 0) is 53.6 Å². The third kappa shape index (κ3) is 4.53. The summed E-state index contributed by atoms with van der Waals surface area (Å²) >= 11 is 6.00. The summed E-state index contributed by atoms with van der Waals surface area (Å²) in [4.78, 5) is 8.87. The van der Waals surface area contributed by atoms with Gasteiger partial charge in [-0.3, -0.25) is 0 Å². The molecule has 32 heavy (non-hydrogen) atoms. The fourth-order valence-corrected chi connectivity index (χ4v) is 3.49. The maximum atomic E-state index is 6.00. The lowest BCUT2D eigenvalue weighted by molar-refractivity contribution is 0.302. The van der Waals surface area contributed by atoms with Crippen molar-refractivity contribution in [2.24, 2.45) is 0 Å². The van der Waals surface area contributed by atoms with Crippen molar-refractivity contribution in [1.82, 2.24) is 15.1 Å². The molecule has 0 radical (unpaired) electrons. The van der Waals surface area contributed by atoms with Gasteiger partial charge in [-0.15, -0.1) is 0 Å². The van der Waals surface area contributed by atoms with Crippen LogP contribution >= 0.6 is 11.6 Å². The third-order valence-corrected chi connectivity index (χ3v) is 5.23. The zero-order valence-electron chi connectivity index (χ0n) is 17.0. The molecule has 0 bridgehead atoms. The van der Waals surface area contributed by atoms with Gasteiger partial charge in [0.15, 0.2) is 6.33 Å². The molecule has 2 heterocycles. The first-order valence-corrected chi connectivity index (χ1v) is 10.4. The number of pyridine rings is 1. The molecule has 156 valence electrons. The van der Waals surface area contributed by atoms with Crippen molar-refractivity contribution < 1.29 is 9.26 Å². The molecule has 0 saturated carbocycles. The Morgan fingerprint density at radius 3 is 2.50 bits per heavy atom. The van der Waals surface area contributed by atoms with Gasteiger partial charge in [0, 0.05) is 16.0 Å². The Morgan fingerprint density at radius 2 is 1.72 bits per heavy atom. The van der Waals surface area contributed by atoms with E-state index >= 15 is 0 Å². The number of ether oxygens (including phenoxy) is 1. The lowest BCUT2D eigenvalue weighted by Crippen LogP contribution is -1.98. The SMILES string of the molecule is Clc1ccc(C=C(c2ccc(OCc3ccc4ccccc4n3)cc2)c2ncno2)cc1. The lowest BCUT2D eigenvalue weighted by Gasteiger charge is -2.09. The van der Waals surface area contributed by atoms with Gasteiger partial charge in [-0.1, -0.05) is 65.3 Å². The number of nitrogens with zero attached hydrogens (tertiary/aromatic N) is 3. The van der Waals surface area contributed by atoms with Crippen molar-refractivity contribution in [2.75, 3.05) is 0 Å². The van der Waals surface area contributed by atoms with Crippen LogP contribution in [0.5, 0.6) is 5.75 Å². The Bertz CT molecular complexity index is 1360. The van der Waals surface area contributed by atoms with E-state index in [2.05, 4.69) is 21.2 Å². The number of halogens is 1. The summed E-state index contributed by atoms with van der Waals surface area (Å²) < 4.78 is 11.3. The molecule has 0 N–H and O–H groups in total. The Kier molecular flexibility index (Phi) is 5.64. The highest BCUT2D eigenvalue weighted by molar-refractivity contribution is 6.30. The second kappa shape index (κ2) is 9.04. The van der Waals surface area contributed by atoms with Crippen LogP contribution in [0.15, 0.2) is 95.8 Å². The van der Waals surface area contributed by atoms with Gasteiger partial charge in [0.2, 0.25) is 0 Å².